The van der Waals surface area contributed by atoms with Crippen molar-refractivity contribution in [2.75, 3.05) is 0 Å². The molecule has 0 unspecified atom stereocenters. The summed E-state index contributed by atoms with van der Waals surface area (Å²) in [5.41, 5.74) is 0.180. The fourth-order valence-corrected chi connectivity index (χ4v) is 1.54. The van der Waals surface area contributed by atoms with E-state index in [4.69, 9.17) is 0 Å². The molecule has 0 bridgehead atoms. The molecule has 11 heavy (non-hydrogen) atoms. The molecular formula is C9H19NO. The number of hydrogen-bond acceptors (Lipinski definition) is 1. The van der Waals surface area contributed by atoms with Crippen LogP contribution >= 0.6 is 0 Å². The van der Waals surface area contributed by atoms with E-state index in [0.717, 1.165) is 12.8 Å². The van der Waals surface area contributed by atoms with E-state index in [-0.39, 0.29) is 11.0 Å². The Kier molecular flexibility index (Phi) is 3.09. The van der Waals surface area contributed by atoms with Gasteiger partial charge in [-0.25, -0.2) is 0 Å². The first-order valence-electron chi connectivity index (χ1n) is 3.98. The van der Waals surface area contributed by atoms with Crippen LogP contribution in [-0.4, -0.2) is 11.9 Å². The summed E-state index contributed by atoms with van der Waals surface area (Å²) in [6, 6.07) is 0. The fraction of sp³-hybridized carbons (Fsp3) is 0.889. The predicted molar refractivity (Wildman–Crippen MR) is 47.4 cm³/mol. The van der Waals surface area contributed by atoms with Gasteiger partial charge in [-0.1, -0.05) is 20.8 Å². The van der Waals surface area contributed by atoms with E-state index in [1.165, 1.54) is 0 Å². The Morgan fingerprint density at radius 2 is 1.64 bits per heavy atom. The van der Waals surface area contributed by atoms with Crippen LogP contribution in [0.15, 0.2) is 0 Å². The third-order valence-electron chi connectivity index (χ3n) is 1.42. The van der Waals surface area contributed by atoms with Crippen LogP contribution in [0.1, 0.15) is 41.0 Å². The van der Waals surface area contributed by atoms with Gasteiger partial charge in [0.05, 0.1) is 0 Å². The Bertz CT molecular complexity index is 133. The third kappa shape index (κ3) is 5.89. The Hall–Kier alpha value is -0.530. The van der Waals surface area contributed by atoms with Gasteiger partial charge in [0.1, 0.15) is 0 Å². The molecule has 0 aliphatic heterocycles. The summed E-state index contributed by atoms with van der Waals surface area (Å²) in [5, 5.41) is 2.80. The number of hydrogen-bond donors (Lipinski definition) is 1. The van der Waals surface area contributed by atoms with E-state index in [1.807, 2.05) is 13.8 Å². The van der Waals surface area contributed by atoms with Crippen LogP contribution in [0.4, 0.5) is 0 Å². The lowest BCUT2D eigenvalue weighted by atomic mass is 9.82. The molecule has 2 heteroatoms. The van der Waals surface area contributed by atoms with E-state index in [0.29, 0.717) is 0 Å². The van der Waals surface area contributed by atoms with Crippen LogP contribution in [-0.2, 0) is 4.79 Å². The minimum Gasteiger partial charge on any atom is -0.354 e. The normalized spacial score (nSPS) is 12.8. The molecule has 2 nitrogen and oxygen atoms in total. The smallest absolute Gasteiger partial charge is 0.207 e. The van der Waals surface area contributed by atoms with Crippen molar-refractivity contribution in [3.63, 3.8) is 0 Å². The van der Waals surface area contributed by atoms with Gasteiger partial charge >= 0.3 is 0 Å². The predicted octanol–water partition coefficient (Wildman–Crippen LogP) is 1.95. The average molecular weight is 157 g/mol. The summed E-state index contributed by atoms with van der Waals surface area (Å²) < 4.78 is 0. The Morgan fingerprint density at radius 3 is 1.91 bits per heavy atom. The standard InChI is InChI=1S/C9H19NO/c1-8(2,3)6-9(4,5)10-7-11/h7H,6H2,1-5H3,(H,10,11). The monoisotopic (exact) mass is 157 g/mol. The minimum absolute atomic E-state index is 0.0833. The van der Waals surface area contributed by atoms with Crippen LogP contribution in [0.2, 0.25) is 0 Å². The molecule has 0 aliphatic carbocycles. The van der Waals surface area contributed by atoms with Crippen molar-refractivity contribution in [2.24, 2.45) is 5.41 Å². The quantitative estimate of drug-likeness (QED) is 0.623. The Labute approximate surface area is 69.4 Å². The van der Waals surface area contributed by atoms with Crippen molar-refractivity contribution in [3.05, 3.63) is 0 Å². The molecule has 0 rings (SSSR count). The molecule has 0 aromatic rings. The zero-order valence-corrected chi connectivity index (χ0v) is 8.19. The highest BCUT2D eigenvalue weighted by molar-refractivity contribution is 5.47. The Balaban J connectivity index is 4.00. The van der Waals surface area contributed by atoms with Crippen LogP contribution in [0.5, 0.6) is 0 Å². The lowest BCUT2D eigenvalue weighted by Crippen LogP contribution is -2.41. The summed E-state index contributed by atoms with van der Waals surface area (Å²) in [6.07, 6.45) is 1.75. The summed E-state index contributed by atoms with van der Waals surface area (Å²) in [7, 11) is 0. The van der Waals surface area contributed by atoms with Crippen molar-refractivity contribution in [1.82, 2.24) is 5.32 Å². The summed E-state index contributed by atoms with van der Waals surface area (Å²) >= 11 is 0. The molecule has 0 aliphatic rings. The minimum atomic E-state index is -0.0833. The van der Waals surface area contributed by atoms with Crippen molar-refractivity contribution in [3.8, 4) is 0 Å². The molecule has 0 fully saturated rings. The molecule has 0 atom stereocenters. The highest BCUT2D eigenvalue weighted by atomic mass is 16.1. The van der Waals surface area contributed by atoms with Gasteiger partial charge in [0, 0.05) is 5.54 Å². The molecule has 0 saturated heterocycles. The first-order chi connectivity index (χ1) is 4.77. The SMILES string of the molecule is CC(C)(C)CC(C)(C)NC=O. The molecule has 0 aromatic carbocycles. The van der Waals surface area contributed by atoms with Crippen molar-refractivity contribution in [1.29, 1.82) is 0 Å². The highest BCUT2D eigenvalue weighted by Gasteiger charge is 2.24. The van der Waals surface area contributed by atoms with Gasteiger partial charge in [0.2, 0.25) is 6.41 Å². The number of carbonyl (C=O) groups is 1. The second-order valence-electron chi connectivity index (χ2n) is 4.88. The van der Waals surface area contributed by atoms with E-state index < -0.39 is 0 Å². The molecule has 0 aromatic heterocycles. The average Bonchev–Trinajstić information content (AvgIpc) is 1.55. The van der Waals surface area contributed by atoms with Gasteiger partial charge in [0.15, 0.2) is 0 Å². The fourth-order valence-electron chi connectivity index (χ4n) is 1.54. The number of nitrogens with one attached hydrogen (secondary N) is 1. The summed E-state index contributed by atoms with van der Waals surface area (Å²) in [4.78, 5) is 10.2. The maximum atomic E-state index is 10.2. The van der Waals surface area contributed by atoms with Crippen LogP contribution < -0.4 is 5.32 Å². The lowest BCUT2D eigenvalue weighted by molar-refractivity contribution is -0.111. The van der Waals surface area contributed by atoms with Crippen LogP contribution in [0, 0.1) is 5.41 Å². The second kappa shape index (κ2) is 3.24. The molecule has 1 amide bonds. The summed E-state index contributed by atoms with van der Waals surface area (Å²) in [6.45, 7) is 10.6. The van der Waals surface area contributed by atoms with Crippen LogP contribution in [0.3, 0.4) is 0 Å². The van der Waals surface area contributed by atoms with Crippen molar-refractivity contribution >= 4 is 6.41 Å². The highest BCUT2D eigenvalue weighted by Crippen LogP contribution is 2.26. The first-order valence-corrected chi connectivity index (χ1v) is 3.98. The van der Waals surface area contributed by atoms with Crippen molar-refractivity contribution in [2.45, 2.75) is 46.6 Å². The molecular weight excluding hydrogens is 138 g/mol. The molecule has 0 radical (unpaired) electrons. The van der Waals surface area contributed by atoms with Crippen LogP contribution in [0.25, 0.3) is 0 Å². The van der Waals surface area contributed by atoms with E-state index in [9.17, 15) is 4.79 Å². The topological polar surface area (TPSA) is 29.1 Å². The molecule has 66 valence electrons. The van der Waals surface area contributed by atoms with E-state index in [1.54, 1.807) is 0 Å². The number of rotatable bonds is 3. The number of carbonyl (C=O) groups excluding carboxylic acids is 1. The van der Waals surface area contributed by atoms with Gasteiger partial charge < -0.3 is 5.32 Å². The first kappa shape index (κ1) is 10.5. The van der Waals surface area contributed by atoms with Crippen molar-refractivity contribution < 1.29 is 4.79 Å². The molecule has 0 heterocycles. The lowest BCUT2D eigenvalue weighted by Gasteiger charge is -2.31. The van der Waals surface area contributed by atoms with Gasteiger partial charge in [-0.15, -0.1) is 0 Å². The second-order valence-corrected chi connectivity index (χ2v) is 4.88. The third-order valence-corrected chi connectivity index (χ3v) is 1.42. The molecule has 0 saturated carbocycles. The zero-order valence-electron chi connectivity index (χ0n) is 8.19. The van der Waals surface area contributed by atoms with Gasteiger partial charge in [-0.2, -0.15) is 0 Å². The molecule has 1 N–H and O–H groups in total. The Morgan fingerprint density at radius 1 is 1.18 bits per heavy atom. The van der Waals surface area contributed by atoms with E-state index >= 15 is 0 Å². The number of amides is 1. The largest absolute Gasteiger partial charge is 0.354 e. The van der Waals surface area contributed by atoms with Gasteiger partial charge in [-0.3, -0.25) is 4.79 Å². The van der Waals surface area contributed by atoms with Gasteiger partial charge in [0.25, 0.3) is 0 Å². The zero-order chi connectivity index (χ0) is 9.12. The molecule has 0 spiro atoms. The summed E-state index contributed by atoms with van der Waals surface area (Å²) in [5.74, 6) is 0. The maximum absolute atomic E-state index is 10.2. The van der Waals surface area contributed by atoms with E-state index in [2.05, 4.69) is 26.1 Å². The maximum Gasteiger partial charge on any atom is 0.207 e. The van der Waals surface area contributed by atoms with Gasteiger partial charge in [-0.05, 0) is 25.7 Å².